The molecule has 0 radical (unpaired) electrons. The highest BCUT2D eigenvalue weighted by Crippen LogP contribution is 2.32. The Labute approximate surface area is 94.3 Å². The Bertz CT molecular complexity index is 302. The molecule has 1 nitrogen and oxygen atoms in total. The minimum absolute atomic E-state index is 0.0480. The summed E-state index contributed by atoms with van der Waals surface area (Å²) in [7, 11) is 0. The van der Waals surface area contributed by atoms with Crippen molar-refractivity contribution in [1.29, 1.82) is 0 Å². The first-order valence-corrected chi connectivity index (χ1v) is 6.41. The first-order chi connectivity index (χ1) is 6.68. The second kappa shape index (κ2) is 4.21. The van der Waals surface area contributed by atoms with E-state index in [1.807, 2.05) is 6.07 Å². The molecule has 0 bridgehead atoms. The van der Waals surface area contributed by atoms with E-state index in [0.717, 1.165) is 10.8 Å². The van der Waals surface area contributed by atoms with E-state index >= 15 is 0 Å². The van der Waals surface area contributed by atoms with Crippen LogP contribution >= 0.6 is 22.9 Å². The van der Waals surface area contributed by atoms with Crippen molar-refractivity contribution in [2.24, 2.45) is 5.73 Å². The van der Waals surface area contributed by atoms with Crippen molar-refractivity contribution in [3.8, 4) is 0 Å². The number of hydrogen-bond donors (Lipinski definition) is 1. The molecule has 1 aromatic heterocycles. The average molecular weight is 230 g/mol. The van der Waals surface area contributed by atoms with Crippen molar-refractivity contribution in [3.05, 3.63) is 21.3 Å². The highest BCUT2D eigenvalue weighted by atomic mass is 35.5. The van der Waals surface area contributed by atoms with E-state index in [2.05, 4.69) is 6.07 Å². The van der Waals surface area contributed by atoms with Crippen LogP contribution in [0.25, 0.3) is 0 Å². The Morgan fingerprint density at radius 1 is 1.29 bits per heavy atom. The normalized spacial score (nSPS) is 21.0. The highest BCUT2D eigenvalue weighted by Gasteiger charge is 2.27. The number of hydrogen-bond acceptors (Lipinski definition) is 2. The van der Waals surface area contributed by atoms with Crippen molar-refractivity contribution in [2.45, 2.75) is 44.1 Å². The van der Waals surface area contributed by atoms with Crippen molar-refractivity contribution in [1.82, 2.24) is 0 Å². The summed E-state index contributed by atoms with van der Waals surface area (Å²) in [6.45, 7) is 0. The van der Waals surface area contributed by atoms with Gasteiger partial charge in [0.25, 0.3) is 0 Å². The van der Waals surface area contributed by atoms with Gasteiger partial charge < -0.3 is 5.73 Å². The lowest BCUT2D eigenvalue weighted by Crippen LogP contribution is -2.43. The topological polar surface area (TPSA) is 26.0 Å². The molecule has 1 heterocycles. The fourth-order valence-electron chi connectivity index (χ4n) is 2.23. The summed E-state index contributed by atoms with van der Waals surface area (Å²) in [6.07, 6.45) is 7.27. The molecule has 0 amide bonds. The van der Waals surface area contributed by atoms with Crippen LogP contribution in [0.15, 0.2) is 12.1 Å². The summed E-state index contributed by atoms with van der Waals surface area (Å²) < 4.78 is 0.874. The molecule has 78 valence electrons. The first-order valence-electron chi connectivity index (χ1n) is 5.21. The zero-order valence-electron chi connectivity index (χ0n) is 8.26. The van der Waals surface area contributed by atoms with E-state index in [9.17, 15) is 0 Å². The van der Waals surface area contributed by atoms with E-state index in [0.29, 0.717) is 0 Å². The first kappa shape index (κ1) is 10.5. The molecule has 0 unspecified atom stereocenters. The van der Waals surface area contributed by atoms with Crippen LogP contribution in [0.3, 0.4) is 0 Å². The van der Waals surface area contributed by atoms with E-state index in [-0.39, 0.29) is 5.54 Å². The molecule has 1 fully saturated rings. The molecular formula is C11H16ClNS. The number of thiophene rings is 1. The number of halogens is 1. The van der Waals surface area contributed by atoms with Crippen LogP contribution in [0, 0.1) is 0 Å². The zero-order chi connectivity index (χ0) is 10.0. The Kier molecular flexibility index (Phi) is 3.15. The van der Waals surface area contributed by atoms with E-state index in [1.165, 1.54) is 37.0 Å². The molecule has 1 saturated carbocycles. The van der Waals surface area contributed by atoms with Crippen molar-refractivity contribution >= 4 is 22.9 Å². The van der Waals surface area contributed by atoms with Crippen LogP contribution < -0.4 is 5.73 Å². The molecule has 3 heteroatoms. The monoisotopic (exact) mass is 229 g/mol. The third kappa shape index (κ3) is 2.50. The standard InChI is InChI=1S/C11H16ClNS/c12-10-5-4-9(14-10)8-11(13)6-2-1-3-7-11/h4-5H,1-3,6-8,13H2. The van der Waals surface area contributed by atoms with Gasteiger partial charge in [-0.15, -0.1) is 11.3 Å². The molecule has 0 aliphatic heterocycles. The maximum Gasteiger partial charge on any atom is 0.0931 e. The average Bonchev–Trinajstić information content (AvgIpc) is 2.51. The molecule has 0 saturated heterocycles. The van der Waals surface area contributed by atoms with E-state index < -0.39 is 0 Å². The minimum atomic E-state index is 0.0480. The van der Waals surface area contributed by atoms with Gasteiger partial charge in [0.2, 0.25) is 0 Å². The molecule has 2 N–H and O–H groups in total. The minimum Gasteiger partial charge on any atom is -0.325 e. The summed E-state index contributed by atoms with van der Waals surface area (Å²) in [5, 5.41) is 0. The molecular weight excluding hydrogens is 214 g/mol. The number of rotatable bonds is 2. The zero-order valence-corrected chi connectivity index (χ0v) is 9.83. The third-order valence-corrected chi connectivity index (χ3v) is 4.24. The predicted octanol–water partition coefficient (Wildman–Crippen LogP) is 3.61. The lowest BCUT2D eigenvalue weighted by molar-refractivity contribution is 0.295. The molecule has 1 aliphatic carbocycles. The van der Waals surface area contributed by atoms with Gasteiger partial charge in [-0.25, -0.2) is 0 Å². The van der Waals surface area contributed by atoms with Gasteiger partial charge in [0.05, 0.1) is 4.34 Å². The molecule has 14 heavy (non-hydrogen) atoms. The van der Waals surface area contributed by atoms with Gasteiger partial charge >= 0.3 is 0 Å². The Hall–Kier alpha value is -0.0500. The fourth-order valence-corrected chi connectivity index (χ4v) is 3.47. The second-order valence-electron chi connectivity index (χ2n) is 4.31. The summed E-state index contributed by atoms with van der Waals surface area (Å²) in [6, 6.07) is 4.07. The molecule has 1 aliphatic rings. The summed E-state index contributed by atoms with van der Waals surface area (Å²) in [4.78, 5) is 1.33. The summed E-state index contributed by atoms with van der Waals surface area (Å²) >= 11 is 7.57. The molecule has 2 rings (SSSR count). The van der Waals surface area contributed by atoms with E-state index in [4.69, 9.17) is 17.3 Å². The largest absolute Gasteiger partial charge is 0.325 e. The van der Waals surface area contributed by atoms with Gasteiger partial charge in [-0.2, -0.15) is 0 Å². The quantitative estimate of drug-likeness (QED) is 0.824. The lowest BCUT2D eigenvalue weighted by Gasteiger charge is -2.33. The van der Waals surface area contributed by atoms with Crippen molar-refractivity contribution in [2.75, 3.05) is 0 Å². The van der Waals surface area contributed by atoms with Gasteiger partial charge in [0.15, 0.2) is 0 Å². The highest BCUT2D eigenvalue weighted by molar-refractivity contribution is 7.16. The number of nitrogens with two attached hydrogens (primary N) is 1. The molecule has 0 atom stereocenters. The Morgan fingerprint density at radius 2 is 2.00 bits per heavy atom. The maximum absolute atomic E-state index is 6.36. The molecule has 1 aromatic rings. The van der Waals surface area contributed by atoms with Gasteiger partial charge in [-0.3, -0.25) is 0 Å². The van der Waals surface area contributed by atoms with Gasteiger partial charge in [-0.1, -0.05) is 30.9 Å². The molecule has 0 aromatic carbocycles. The third-order valence-electron chi connectivity index (χ3n) is 3.00. The Balaban J connectivity index is 2.01. The van der Waals surface area contributed by atoms with Crippen LogP contribution in [-0.4, -0.2) is 5.54 Å². The second-order valence-corrected chi connectivity index (χ2v) is 6.11. The smallest absolute Gasteiger partial charge is 0.0931 e. The van der Waals surface area contributed by atoms with Crippen LogP contribution in [-0.2, 0) is 6.42 Å². The SMILES string of the molecule is NC1(Cc2ccc(Cl)s2)CCCCC1. The predicted molar refractivity (Wildman–Crippen MR) is 63.0 cm³/mol. The van der Waals surface area contributed by atoms with Gasteiger partial charge in [0, 0.05) is 10.4 Å². The summed E-state index contributed by atoms with van der Waals surface area (Å²) in [5.74, 6) is 0. The van der Waals surface area contributed by atoms with Crippen LogP contribution in [0.5, 0.6) is 0 Å². The van der Waals surface area contributed by atoms with E-state index in [1.54, 1.807) is 11.3 Å². The van der Waals surface area contributed by atoms with Crippen molar-refractivity contribution in [3.63, 3.8) is 0 Å². The summed E-state index contributed by atoms with van der Waals surface area (Å²) in [5.41, 5.74) is 6.41. The van der Waals surface area contributed by atoms with Gasteiger partial charge in [0.1, 0.15) is 0 Å². The van der Waals surface area contributed by atoms with Gasteiger partial charge in [-0.05, 0) is 31.4 Å². The van der Waals surface area contributed by atoms with Crippen molar-refractivity contribution < 1.29 is 0 Å². The van der Waals surface area contributed by atoms with Crippen LogP contribution in [0.2, 0.25) is 4.34 Å². The molecule has 0 spiro atoms. The van der Waals surface area contributed by atoms with Crippen LogP contribution in [0.4, 0.5) is 0 Å². The lowest BCUT2D eigenvalue weighted by atomic mass is 9.80. The Morgan fingerprint density at radius 3 is 2.57 bits per heavy atom. The maximum atomic E-state index is 6.36. The fraction of sp³-hybridized carbons (Fsp3) is 0.636. The van der Waals surface area contributed by atoms with Crippen LogP contribution in [0.1, 0.15) is 37.0 Å².